The maximum Gasteiger partial charge on any atom is 0.254 e. The fourth-order valence-electron chi connectivity index (χ4n) is 3.37. The molecule has 0 aliphatic carbocycles. The second-order valence-electron chi connectivity index (χ2n) is 6.51. The molecule has 7 heteroatoms. The van der Waals surface area contributed by atoms with Crippen LogP contribution in [0.25, 0.3) is 10.9 Å². The highest BCUT2D eigenvalue weighted by molar-refractivity contribution is 6.18. The van der Waals surface area contributed by atoms with Gasteiger partial charge in [-0.25, -0.2) is 9.37 Å². The Morgan fingerprint density at radius 2 is 2.23 bits per heavy atom. The summed E-state index contributed by atoms with van der Waals surface area (Å²) >= 11 is 6.21. The molecule has 3 rings (SSSR count). The van der Waals surface area contributed by atoms with Crippen molar-refractivity contribution in [2.45, 2.75) is 32.0 Å². The SMILES string of the molecule is C=C(CO)C(=O)N1Cc2c(nc3cc(F)c(C)cc3c2CCl)C1(C)OC. The van der Waals surface area contributed by atoms with Crippen LogP contribution in [0.2, 0.25) is 0 Å². The van der Waals surface area contributed by atoms with E-state index in [2.05, 4.69) is 11.6 Å². The molecule has 1 aliphatic heterocycles. The minimum absolute atomic E-state index is 0.0555. The van der Waals surface area contributed by atoms with Crippen LogP contribution in [0.1, 0.15) is 29.3 Å². The van der Waals surface area contributed by atoms with Gasteiger partial charge in [-0.2, -0.15) is 0 Å². The Labute approximate surface area is 156 Å². The highest BCUT2D eigenvalue weighted by Gasteiger charge is 2.47. The van der Waals surface area contributed by atoms with Crippen LogP contribution in [-0.4, -0.2) is 34.6 Å². The largest absolute Gasteiger partial charge is 0.391 e. The van der Waals surface area contributed by atoms with Crippen LogP contribution in [0.5, 0.6) is 0 Å². The average molecular weight is 379 g/mol. The third kappa shape index (κ3) is 2.60. The number of aryl methyl sites for hydroxylation is 1. The number of benzene rings is 1. The van der Waals surface area contributed by atoms with Crippen molar-refractivity contribution < 1.29 is 19.0 Å². The number of hydrogen-bond donors (Lipinski definition) is 1. The topological polar surface area (TPSA) is 62.7 Å². The number of halogens is 2. The van der Waals surface area contributed by atoms with Crippen molar-refractivity contribution in [2.24, 2.45) is 0 Å². The van der Waals surface area contributed by atoms with E-state index < -0.39 is 18.2 Å². The number of hydrogen-bond acceptors (Lipinski definition) is 4. The Kier molecular flexibility index (Phi) is 4.77. The number of carbonyl (C=O) groups excluding carboxylic acids is 1. The van der Waals surface area contributed by atoms with Crippen LogP contribution < -0.4 is 0 Å². The fourth-order valence-corrected chi connectivity index (χ4v) is 3.68. The number of aliphatic hydroxyl groups is 1. The molecule has 1 atom stereocenters. The summed E-state index contributed by atoms with van der Waals surface area (Å²) in [5.74, 6) is -0.596. The number of alkyl halides is 1. The fraction of sp³-hybridized carbons (Fsp3) is 0.368. The van der Waals surface area contributed by atoms with Gasteiger partial charge >= 0.3 is 0 Å². The third-order valence-electron chi connectivity index (χ3n) is 5.02. The molecule has 138 valence electrons. The summed E-state index contributed by atoms with van der Waals surface area (Å²) in [5, 5.41) is 10.0. The monoisotopic (exact) mass is 378 g/mol. The Balaban J connectivity index is 2.28. The number of ether oxygens (including phenoxy) is 1. The smallest absolute Gasteiger partial charge is 0.254 e. The zero-order chi connectivity index (χ0) is 19.2. The molecule has 26 heavy (non-hydrogen) atoms. The van der Waals surface area contributed by atoms with Crippen molar-refractivity contribution in [3.63, 3.8) is 0 Å². The standard InChI is InChI=1S/C19H20ClFN2O3/c1-10-5-12-13(7-20)14-8-23(18(25)11(2)9-24)19(3,26-4)17(14)22-16(12)6-15(10)21/h5-6,24H,2,7-9H2,1,3-4H3. The van der Waals surface area contributed by atoms with Crippen molar-refractivity contribution >= 4 is 28.4 Å². The molecule has 5 nitrogen and oxygen atoms in total. The molecule has 1 aromatic heterocycles. The highest BCUT2D eigenvalue weighted by atomic mass is 35.5. The van der Waals surface area contributed by atoms with Gasteiger partial charge in [0.25, 0.3) is 5.91 Å². The third-order valence-corrected chi connectivity index (χ3v) is 5.29. The normalized spacial score (nSPS) is 19.1. The van der Waals surface area contributed by atoms with Gasteiger partial charge in [0.2, 0.25) is 0 Å². The van der Waals surface area contributed by atoms with Gasteiger partial charge < -0.3 is 14.7 Å². The lowest BCUT2D eigenvalue weighted by Gasteiger charge is -2.34. The lowest BCUT2D eigenvalue weighted by molar-refractivity contribution is -0.161. The van der Waals surface area contributed by atoms with Crippen molar-refractivity contribution in [3.05, 3.63) is 52.5 Å². The van der Waals surface area contributed by atoms with Crippen LogP contribution in [0.4, 0.5) is 4.39 Å². The summed E-state index contributed by atoms with van der Waals surface area (Å²) in [7, 11) is 1.47. The minimum atomic E-state index is -1.17. The molecule has 1 amide bonds. The van der Waals surface area contributed by atoms with Gasteiger partial charge in [0.15, 0.2) is 5.72 Å². The Hall–Kier alpha value is -2.02. The van der Waals surface area contributed by atoms with Gasteiger partial charge in [-0.15, -0.1) is 11.6 Å². The Bertz CT molecular complexity index is 931. The maximum absolute atomic E-state index is 14.1. The number of rotatable bonds is 4. The van der Waals surface area contributed by atoms with E-state index >= 15 is 0 Å². The van der Waals surface area contributed by atoms with E-state index in [1.54, 1.807) is 19.9 Å². The van der Waals surface area contributed by atoms with E-state index in [4.69, 9.17) is 16.3 Å². The Morgan fingerprint density at radius 3 is 2.81 bits per heavy atom. The predicted molar refractivity (Wildman–Crippen MR) is 97.1 cm³/mol. The number of carbonyl (C=O) groups is 1. The number of fused-ring (bicyclic) bond motifs is 2. The molecule has 2 heterocycles. The van der Waals surface area contributed by atoms with E-state index in [0.29, 0.717) is 16.8 Å². The second kappa shape index (κ2) is 6.61. The molecule has 0 saturated heterocycles. The lowest BCUT2D eigenvalue weighted by Crippen LogP contribution is -2.45. The van der Waals surface area contributed by atoms with Gasteiger partial charge in [0.05, 0.1) is 24.4 Å². The quantitative estimate of drug-likeness (QED) is 0.656. The number of aromatic nitrogens is 1. The molecule has 1 N–H and O–H groups in total. The molecule has 1 unspecified atom stereocenters. The van der Waals surface area contributed by atoms with Crippen LogP contribution >= 0.6 is 11.6 Å². The van der Waals surface area contributed by atoms with Crippen molar-refractivity contribution in [3.8, 4) is 0 Å². The molecular weight excluding hydrogens is 359 g/mol. The van der Waals surface area contributed by atoms with Gasteiger partial charge in [-0.05, 0) is 31.0 Å². The molecule has 0 radical (unpaired) electrons. The zero-order valence-corrected chi connectivity index (χ0v) is 15.7. The van der Waals surface area contributed by atoms with Crippen molar-refractivity contribution in [2.75, 3.05) is 13.7 Å². The van der Waals surface area contributed by atoms with E-state index in [-0.39, 0.29) is 23.8 Å². The van der Waals surface area contributed by atoms with E-state index in [1.165, 1.54) is 18.1 Å². The van der Waals surface area contributed by atoms with E-state index in [0.717, 1.165) is 16.5 Å². The Morgan fingerprint density at radius 1 is 1.54 bits per heavy atom. The predicted octanol–water partition coefficient (Wildman–Crippen LogP) is 3.13. The molecule has 0 bridgehead atoms. The first kappa shape index (κ1) is 18.8. The highest BCUT2D eigenvalue weighted by Crippen LogP contribution is 2.43. The molecule has 0 fully saturated rings. The summed E-state index contributed by atoms with van der Waals surface area (Å²) < 4.78 is 19.7. The number of nitrogens with zero attached hydrogens (tertiary/aromatic N) is 2. The number of pyridine rings is 1. The van der Waals surface area contributed by atoms with Crippen LogP contribution in [-0.2, 0) is 27.7 Å². The first-order chi connectivity index (χ1) is 12.3. The molecule has 1 aliphatic rings. The van der Waals surface area contributed by atoms with Gasteiger partial charge in [-0.1, -0.05) is 6.58 Å². The first-order valence-corrected chi connectivity index (χ1v) is 8.65. The number of aliphatic hydroxyl groups excluding tert-OH is 1. The lowest BCUT2D eigenvalue weighted by atomic mass is 9.99. The molecule has 0 spiro atoms. The second-order valence-corrected chi connectivity index (χ2v) is 6.78. The summed E-state index contributed by atoms with van der Waals surface area (Å²) in [4.78, 5) is 18.7. The minimum Gasteiger partial charge on any atom is -0.391 e. The summed E-state index contributed by atoms with van der Waals surface area (Å²) in [6.45, 7) is 6.77. The number of methoxy groups -OCH3 is 1. The summed E-state index contributed by atoms with van der Waals surface area (Å²) in [6.07, 6.45) is 0. The maximum atomic E-state index is 14.1. The summed E-state index contributed by atoms with van der Waals surface area (Å²) in [6, 6.07) is 3.09. The average Bonchev–Trinajstić information content (AvgIpc) is 2.93. The van der Waals surface area contributed by atoms with E-state index in [1.807, 2.05) is 0 Å². The van der Waals surface area contributed by atoms with Crippen LogP contribution in [0.3, 0.4) is 0 Å². The molecule has 2 aromatic rings. The van der Waals surface area contributed by atoms with Gasteiger partial charge in [0.1, 0.15) is 5.82 Å². The number of amides is 1. The molecule has 0 saturated carbocycles. The van der Waals surface area contributed by atoms with Crippen LogP contribution in [0.15, 0.2) is 24.3 Å². The van der Waals surface area contributed by atoms with Gasteiger partial charge in [0, 0.05) is 35.6 Å². The molecule has 1 aromatic carbocycles. The molecular formula is C19H20ClFN2O3. The van der Waals surface area contributed by atoms with Gasteiger partial charge in [-0.3, -0.25) is 4.79 Å². The first-order valence-electron chi connectivity index (χ1n) is 8.12. The zero-order valence-electron chi connectivity index (χ0n) is 14.9. The van der Waals surface area contributed by atoms with Crippen molar-refractivity contribution in [1.82, 2.24) is 9.88 Å². The summed E-state index contributed by atoms with van der Waals surface area (Å²) in [5.41, 5.74) is 1.94. The van der Waals surface area contributed by atoms with Crippen molar-refractivity contribution in [1.29, 1.82) is 0 Å². The van der Waals surface area contributed by atoms with E-state index in [9.17, 15) is 14.3 Å². The van der Waals surface area contributed by atoms with Crippen LogP contribution in [0, 0.1) is 12.7 Å².